The Morgan fingerprint density at radius 3 is 2.18 bits per heavy atom. The number of carboxylic acid groups (broad SMARTS) is 1. The molecule has 2 aliphatic heterocycles. The second kappa shape index (κ2) is 10.2. The van der Waals surface area contributed by atoms with E-state index in [1.54, 1.807) is 0 Å². The van der Waals surface area contributed by atoms with Gasteiger partial charge in [-0.2, -0.15) is 0 Å². The third-order valence-corrected chi connectivity index (χ3v) is 6.85. The molecule has 2 fully saturated rings. The highest BCUT2D eigenvalue weighted by Crippen LogP contribution is 2.42. The Kier molecular flexibility index (Phi) is 7.62. The van der Waals surface area contributed by atoms with Crippen LogP contribution in [0.2, 0.25) is 0 Å². The van der Waals surface area contributed by atoms with Crippen molar-refractivity contribution in [2.45, 2.75) is 75.8 Å². The molecule has 0 aromatic carbocycles. The molecule has 3 aliphatic rings. The average molecular weight is 463 g/mol. The van der Waals surface area contributed by atoms with Crippen molar-refractivity contribution in [2.75, 3.05) is 6.54 Å². The second-order valence-electron chi connectivity index (χ2n) is 8.88. The number of nitrogens with two attached hydrogens (primary N) is 1. The van der Waals surface area contributed by atoms with E-state index in [-0.39, 0.29) is 48.8 Å². The summed E-state index contributed by atoms with van der Waals surface area (Å²) in [6.45, 7) is 0.295. The molecule has 0 bridgehead atoms. The van der Waals surface area contributed by atoms with Gasteiger partial charge >= 0.3 is 12.1 Å². The molecule has 3 N–H and O–H groups in total. The highest BCUT2D eigenvalue weighted by molar-refractivity contribution is 6.12. The second-order valence-corrected chi connectivity index (χ2v) is 8.88. The summed E-state index contributed by atoms with van der Waals surface area (Å²) in [6.07, 6.45) is 4.55. The van der Waals surface area contributed by atoms with Gasteiger partial charge in [-0.3, -0.25) is 33.8 Å². The number of imide groups is 2. The summed E-state index contributed by atoms with van der Waals surface area (Å²) in [4.78, 5) is 73.3. The van der Waals surface area contributed by atoms with Crippen LogP contribution in [0.25, 0.3) is 0 Å². The van der Waals surface area contributed by atoms with Crippen LogP contribution in [0.3, 0.4) is 0 Å². The van der Waals surface area contributed by atoms with Crippen LogP contribution in [0.4, 0.5) is 4.79 Å². The van der Waals surface area contributed by atoms with Gasteiger partial charge in [-0.1, -0.05) is 6.42 Å². The van der Waals surface area contributed by atoms with Gasteiger partial charge in [0.2, 0.25) is 11.8 Å². The molecule has 1 saturated carbocycles. The lowest BCUT2D eigenvalue weighted by molar-refractivity contribution is -0.149. The smallest absolute Gasteiger partial charge is 0.449 e. The van der Waals surface area contributed by atoms with Gasteiger partial charge in [-0.15, -0.1) is 0 Å². The number of hydrogen-bond acceptors (Lipinski definition) is 8. The molecule has 1 aliphatic carbocycles. The van der Waals surface area contributed by atoms with Crippen molar-refractivity contribution in [1.82, 2.24) is 9.80 Å². The van der Waals surface area contributed by atoms with E-state index in [0.29, 0.717) is 51.5 Å². The minimum atomic E-state index is -1.65. The van der Waals surface area contributed by atoms with Crippen LogP contribution in [0.5, 0.6) is 0 Å². The maximum absolute atomic E-state index is 12.6. The first-order valence-corrected chi connectivity index (χ1v) is 11.2. The topological polar surface area (TPSA) is 164 Å². The highest BCUT2D eigenvalue weighted by Gasteiger charge is 2.51. The highest BCUT2D eigenvalue weighted by atomic mass is 16.7. The quantitative estimate of drug-likeness (QED) is 0.220. The summed E-state index contributed by atoms with van der Waals surface area (Å²) < 4.78 is 4.08. The number of carbonyl (C=O) groups is 6. The van der Waals surface area contributed by atoms with Crippen LogP contribution in [-0.4, -0.2) is 68.8 Å². The Bertz CT molecular complexity index is 841. The molecule has 1 saturated heterocycles. The van der Waals surface area contributed by atoms with E-state index in [9.17, 15) is 28.8 Å². The van der Waals surface area contributed by atoms with Crippen LogP contribution < -0.4 is 5.73 Å². The van der Waals surface area contributed by atoms with Gasteiger partial charge in [-0.25, -0.2) is 4.79 Å². The molecular formula is C22H29N3O8. The number of nitrogens with zero attached hydrogens (tertiary/aromatic N) is 2. The third kappa shape index (κ3) is 5.47. The first kappa shape index (κ1) is 24.6. The maximum atomic E-state index is 12.6. The first-order valence-electron chi connectivity index (χ1n) is 11.2. The van der Waals surface area contributed by atoms with Crippen molar-refractivity contribution in [3.8, 4) is 0 Å². The fourth-order valence-electron chi connectivity index (χ4n) is 5.11. The lowest BCUT2D eigenvalue weighted by atomic mass is 9.70. The monoisotopic (exact) mass is 463 g/mol. The van der Waals surface area contributed by atoms with Gasteiger partial charge in [-0.05, 0) is 44.4 Å². The van der Waals surface area contributed by atoms with Crippen molar-refractivity contribution < 1.29 is 38.6 Å². The standard InChI is InChI=1S/C22H29N3O8/c23-15(3-1-2-4-20(30)33-21(31)32)22(25-18(28)7-8-19(25)29)11-9-14(10-12-22)13-24-16(26)5-6-17(24)27/h5-6,14-15H,1-4,7-13,23H2,(H,31,32). The van der Waals surface area contributed by atoms with E-state index in [2.05, 4.69) is 4.74 Å². The molecule has 2 heterocycles. The number of hydrogen-bond donors (Lipinski definition) is 2. The lowest BCUT2D eigenvalue weighted by Crippen LogP contribution is -2.63. The summed E-state index contributed by atoms with van der Waals surface area (Å²) >= 11 is 0. The Morgan fingerprint density at radius 2 is 1.64 bits per heavy atom. The Labute approximate surface area is 190 Å². The zero-order valence-electron chi connectivity index (χ0n) is 18.4. The fraction of sp³-hybridized carbons (Fsp3) is 0.636. The third-order valence-electron chi connectivity index (χ3n) is 6.85. The SMILES string of the molecule is NC(CCCCC(=O)OC(=O)O)C1(N2C(=O)CCC2=O)CCC(CN2C(=O)C=CC2=O)CC1. The van der Waals surface area contributed by atoms with Crippen molar-refractivity contribution in [2.24, 2.45) is 11.7 Å². The summed E-state index contributed by atoms with van der Waals surface area (Å²) in [6, 6.07) is -0.517. The van der Waals surface area contributed by atoms with Gasteiger partial charge in [0.25, 0.3) is 11.8 Å². The molecule has 0 spiro atoms. The zero-order valence-corrected chi connectivity index (χ0v) is 18.4. The molecule has 0 radical (unpaired) electrons. The number of esters is 1. The minimum absolute atomic E-state index is 0.0525. The summed E-state index contributed by atoms with van der Waals surface area (Å²) in [5.41, 5.74) is 5.71. The molecule has 0 aromatic heterocycles. The predicted octanol–water partition coefficient (Wildman–Crippen LogP) is 1.10. The largest absolute Gasteiger partial charge is 0.513 e. The average Bonchev–Trinajstić information content (AvgIpc) is 3.27. The van der Waals surface area contributed by atoms with Crippen LogP contribution in [-0.2, 0) is 28.7 Å². The predicted molar refractivity (Wildman–Crippen MR) is 112 cm³/mol. The molecule has 0 aromatic rings. The Balaban J connectivity index is 1.62. The number of rotatable bonds is 9. The van der Waals surface area contributed by atoms with E-state index in [1.165, 1.54) is 22.0 Å². The van der Waals surface area contributed by atoms with Crippen LogP contribution in [0.1, 0.15) is 64.2 Å². The molecule has 33 heavy (non-hydrogen) atoms. The van der Waals surface area contributed by atoms with Gasteiger partial charge in [0.1, 0.15) is 0 Å². The number of amides is 4. The van der Waals surface area contributed by atoms with Gasteiger partial charge in [0.05, 0.1) is 5.54 Å². The molecule has 3 rings (SSSR count). The van der Waals surface area contributed by atoms with Crippen molar-refractivity contribution in [3.63, 3.8) is 0 Å². The summed E-state index contributed by atoms with van der Waals surface area (Å²) in [7, 11) is 0. The molecule has 4 amide bonds. The molecule has 11 heteroatoms. The number of ether oxygens (including phenoxy) is 1. The van der Waals surface area contributed by atoms with Crippen LogP contribution >= 0.6 is 0 Å². The number of carbonyl (C=O) groups excluding carboxylic acids is 5. The zero-order chi connectivity index (χ0) is 24.2. The minimum Gasteiger partial charge on any atom is -0.449 e. The lowest BCUT2D eigenvalue weighted by Gasteiger charge is -2.49. The maximum Gasteiger partial charge on any atom is 0.513 e. The van der Waals surface area contributed by atoms with Crippen molar-refractivity contribution in [1.29, 1.82) is 0 Å². The van der Waals surface area contributed by atoms with Crippen molar-refractivity contribution >= 4 is 35.8 Å². The number of likely N-dealkylation sites (tertiary alicyclic amines) is 1. The van der Waals surface area contributed by atoms with E-state index in [4.69, 9.17) is 10.8 Å². The summed E-state index contributed by atoms with van der Waals surface area (Å²) in [5.74, 6) is -1.94. The van der Waals surface area contributed by atoms with E-state index in [0.717, 1.165) is 0 Å². The molecule has 1 unspecified atom stereocenters. The fourth-order valence-corrected chi connectivity index (χ4v) is 5.11. The van der Waals surface area contributed by atoms with E-state index < -0.39 is 23.7 Å². The molecule has 11 nitrogen and oxygen atoms in total. The Hall–Kier alpha value is -3.08. The van der Waals surface area contributed by atoms with E-state index in [1.807, 2.05) is 0 Å². The van der Waals surface area contributed by atoms with Crippen LogP contribution in [0.15, 0.2) is 12.2 Å². The van der Waals surface area contributed by atoms with Crippen molar-refractivity contribution in [3.05, 3.63) is 12.2 Å². The first-order chi connectivity index (χ1) is 15.6. The molecule has 1 atom stereocenters. The molecular weight excluding hydrogens is 434 g/mol. The summed E-state index contributed by atoms with van der Waals surface area (Å²) in [5, 5.41) is 8.47. The molecule has 180 valence electrons. The van der Waals surface area contributed by atoms with Crippen LogP contribution in [0, 0.1) is 5.92 Å². The van der Waals surface area contributed by atoms with Gasteiger partial charge in [0.15, 0.2) is 0 Å². The number of unbranched alkanes of at least 4 members (excludes halogenated alkanes) is 1. The van der Waals surface area contributed by atoms with Gasteiger partial charge < -0.3 is 15.6 Å². The Morgan fingerprint density at radius 1 is 1.06 bits per heavy atom. The van der Waals surface area contributed by atoms with Gasteiger partial charge in [0, 0.05) is 44.0 Å². The van der Waals surface area contributed by atoms with E-state index >= 15 is 0 Å². The normalized spacial score (nSPS) is 26.3.